The van der Waals surface area contributed by atoms with Gasteiger partial charge in [-0.3, -0.25) is 4.79 Å². The zero-order valence-electron chi connectivity index (χ0n) is 12.3. The lowest BCUT2D eigenvalue weighted by Crippen LogP contribution is -2.24. The average molecular weight is 332 g/mol. The van der Waals surface area contributed by atoms with Crippen LogP contribution in [0.15, 0.2) is 29.1 Å². The summed E-state index contributed by atoms with van der Waals surface area (Å²) in [6.45, 7) is 0. The number of aromatic nitrogens is 1. The molecule has 0 bridgehead atoms. The van der Waals surface area contributed by atoms with Gasteiger partial charge in [0.05, 0.1) is 12.7 Å². The van der Waals surface area contributed by atoms with Gasteiger partial charge in [0, 0.05) is 5.56 Å². The molecule has 124 valence electrons. The number of nitrogen functional groups attached to an aromatic ring is 1. The smallest absolute Gasteiger partial charge is 0.342 e. The van der Waals surface area contributed by atoms with Gasteiger partial charge in [0.25, 0.3) is 5.56 Å². The van der Waals surface area contributed by atoms with E-state index in [1.54, 1.807) is 0 Å². The summed E-state index contributed by atoms with van der Waals surface area (Å²) in [5.74, 6) is -4.56. The van der Waals surface area contributed by atoms with E-state index in [0.717, 1.165) is 7.11 Å². The van der Waals surface area contributed by atoms with E-state index in [-0.39, 0.29) is 11.1 Å². The lowest BCUT2D eigenvalue weighted by molar-refractivity contribution is 0.0598. The monoisotopic (exact) mass is 332 g/mol. The first kappa shape index (κ1) is 16.7. The van der Waals surface area contributed by atoms with E-state index in [0.29, 0.717) is 0 Å². The van der Waals surface area contributed by atoms with E-state index in [9.17, 15) is 29.4 Å². The number of methoxy groups -OCH3 is 1. The topological polar surface area (TPSA) is 160 Å². The molecule has 5 N–H and O–H groups in total. The number of ether oxygens (including phenoxy) is 1. The maximum absolute atomic E-state index is 12.0. The minimum atomic E-state index is -1.66. The molecule has 0 atom stereocenters. The van der Waals surface area contributed by atoms with Crippen molar-refractivity contribution in [3.63, 3.8) is 0 Å². The third-order valence-corrected chi connectivity index (χ3v) is 3.27. The van der Waals surface area contributed by atoms with Crippen molar-refractivity contribution < 1.29 is 29.3 Å². The van der Waals surface area contributed by atoms with E-state index in [1.807, 2.05) is 4.98 Å². The Balaban J connectivity index is 3.04. The third-order valence-electron chi connectivity index (χ3n) is 3.27. The van der Waals surface area contributed by atoms with Crippen LogP contribution in [-0.2, 0) is 4.74 Å². The number of esters is 1. The van der Waals surface area contributed by atoms with Crippen molar-refractivity contribution >= 4 is 23.7 Å². The number of carbonyl (C=O) groups is 3. The zero-order chi connectivity index (χ0) is 18.0. The maximum Gasteiger partial charge on any atom is 0.342 e. The largest absolute Gasteiger partial charge is 0.478 e. The fraction of sp³-hybridized carbons (Fsp3) is 0.0667. The highest BCUT2D eigenvalue weighted by Gasteiger charge is 2.29. The van der Waals surface area contributed by atoms with Gasteiger partial charge < -0.3 is 25.7 Å². The summed E-state index contributed by atoms with van der Waals surface area (Å²) in [5, 5.41) is 18.7. The number of H-pyrrole nitrogens is 1. The highest BCUT2D eigenvalue weighted by Crippen LogP contribution is 2.32. The zero-order valence-corrected chi connectivity index (χ0v) is 12.3. The molecule has 1 aromatic carbocycles. The van der Waals surface area contributed by atoms with Gasteiger partial charge in [-0.25, -0.2) is 14.4 Å². The molecule has 0 spiro atoms. The number of aromatic amines is 1. The molecule has 0 aliphatic rings. The molecule has 0 saturated carbocycles. The summed E-state index contributed by atoms with van der Waals surface area (Å²) in [7, 11) is 1.11. The van der Waals surface area contributed by atoms with Crippen molar-refractivity contribution in [1.82, 2.24) is 4.98 Å². The number of nitrogens with two attached hydrogens (primary N) is 1. The second kappa shape index (κ2) is 6.24. The van der Waals surface area contributed by atoms with E-state index < -0.39 is 46.0 Å². The molecule has 2 aromatic rings. The highest BCUT2D eigenvalue weighted by atomic mass is 16.5. The summed E-state index contributed by atoms with van der Waals surface area (Å²) in [4.78, 5) is 48.9. The van der Waals surface area contributed by atoms with E-state index in [1.165, 1.54) is 24.3 Å². The van der Waals surface area contributed by atoms with Crippen LogP contribution in [0.2, 0.25) is 0 Å². The van der Waals surface area contributed by atoms with Gasteiger partial charge in [-0.15, -0.1) is 0 Å². The molecule has 0 unspecified atom stereocenters. The molecule has 1 heterocycles. The van der Waals surface area contributed by atoms with Crippen LogP contribution in [0, 0.1) is 0 Å². The molecular weight excluding hydrogens is 320 g/mol. The summed E-state index contributed by atoms with van der Waals surface area (Å²) < 4.78 is 4.61. The van der Waals surface area contributed by atoms with Gasteiger partial charge in [0.15, 0.2) is 0 Å². The summed E-state index contributed by atoms with van der Waals surface area (Å²) in [5.41, 5.74) is 2.35. The third kappa shape index (κ3) is 2.70. The van der Waals surface area contributed by atoms with Crippen molar-refractivity contribution in [2.24, 2.45) is 0 Å². The molecule has 9 nitrogen and oxygen atoms in total. The number of anilines is 1. The van der Waals surface area contributed by atoms with E-state index >= 15 is 0 Å². The van der Waals surface area contributed by atoms with Crippen molar-refractivity contribution in [1.29, 1.82) is 0 Å². The number of carbonyl (C=O) groups excluding carboxylic acids is 1. The Hall–Kier alpha value is -3.62. The molecule has 9 heteroatoms. The molecule has 24 heavy (non-hydrogen) atoms. The Bertz CT molecular complexity index is 915. The van der Waals surface area contributed by atoms with Gasteiger partial charge in [-0.2, -0.15) is 0 Å². The van der Waals surface area contributed by atoms with E-state index in [4.69, 9.17) is 5.73 Å². The van der Waals surface area contributed by atoms with Crippen molar-refractivity contribution in [3.05, 3.63) is 51.3 Å². The number of hydrogen-bond donors (Lipinski definition) is 4. The fourth-order valence-corrected chi connectivity index (χ4v) is 2.31. The summed E-state index contributed by atoms with van der Waals surface area (Å²) in [6, 6.07) is 5.55. The lowest BCUT2D eigenvalue weighted by Gasteiger charge is -2.14. The Morgan fingerprint density at radius 1 is 1.08 bits per heavy atom. The van der Waals surface area contributed by atoms with Crippen LogP contribution >= 0.6 is 0 Å². The number of benzene rings is 1. The second-order valence-electron chi connectivity index (χ2n) is 4.64. The fourth-order valence-electron chi connectivity index (χ4n) is 2.31. The number of aromatic carboxylic acids is 2. The summed E-state index contributed by atoms with van der Waals surface area (Å²) >= 11 is 0. The van der Waals surface area contributed by atoms with Crippen molar-refractivity contribution in [2.75, 3.05) is 12.8 Å². The number of nitrogens with one attached hydrogen (secondary N) is 1. The number of pyridine rings is 1. The normalized spacial score (nSPS) is 10.2. The molecule has 0 fully saturated rings. The SMILES string of the molecule is COC(=O)c1ccccc1-c1c(C(=O)O)c(N)[nH]c(=O)c1C(=O)O. The Labute approximate surface area is 134 Å². The van der Waals surface area contributed by atoms with E-state index in [2.05, 4.69) is 4.74 Å². The van der Waals surface area contributed by atoms with Crippen LogP contribution in [0.1, 0.15) is 31.1 Å². The number of carboxylic acids is 2. The Morgan fingerprint density at radius 2 is 1.67 bits per heavy atom. The molecule has 0 amide bonds. The van der Waals surface area contributed by atoms with Crippen LogP contribution in [0.4, 0.5) is 5.82 Å². The molecule has 0 radical (unpaired) electrons. The van der Waals surface area contributed by atoms with Gasteiger partial charge in [0.1, 0.15) is 16.9 Å². The molecular formula is C15H12N2O7. The Morgan fingerprint density at radius 3 is 2.21 bits per heavy atom. The van der Waals surface area contributed by atoms with Crippen molar-refractivity contribution in [3.8, 4) is 11.1 Å². The second-order valence-corrected chi connectivity index (χ2v) is 4.64. The summed E-state index contributed by atoms with van der Waals surface area (Å²) in [6.07, 6.45) is 0. The minimum absolute atomic E-state index is 0.0862. The van der Waals surface area contributed by atoms with Gasteiger partial charge in [-0.1, -0.05) is 18.2 Å². The van der Waals surface area contributed by atoms with Crippen LogP contribution in [0.5, 0.6) is 0 Å². The van der Waals surface area contributed by atoms with Gasteiger partial charge in [-0.05, 0) is 11.6 Å². The Kier molecular flexibility index (Phi) is 4.36. The number of carboxylic acid groups (broad SMARTS) is 2. The molecule has 0 saturated heterocycles. The minimum Gasteiger partial charge on any atom is -0.478 e. The van der Waals surface area contributed by atoms with Crippen LogP contribution in [0.3, 0.4) is 0 Å². The predicted octanol–water partition coefficient (Wildman–Crippen LogP) is 0.807. The van der Waals surface area contributed by atoms with Crippen LogP contribution < -0.4 is 11.3 Å². The number of rotatable bonds is 4. The first-order chi connectivity index (χ1) is 11.3. The lowest BCUT2D eigenvalue weighted by atomic mass is 9.92. The molecule has 1 aromatic heterocycles. The first-order valence-corrected chi connectivity index (χ1v) is 6.49. The maximum atomic E-state index is 12.0. The number of hydrogen-bond acceptors (Lipinski definition) is 6. The molecule has 2 rings (SSSR count). The average Bonchev–Trinajstić information content (AvgIpc) is 2.52. The molecule has 0 aliphatic carbocycles. The first-order valence-electron chi connectivity index (χ1n) is 6.49. The van der Waals surface area contributed by atoms with Gasteiger partial charge >= 0.3 is 17.9 Å². The van der Waals surface area contributed by atoms with Crippen molar-refractivity contribution in [2.45, 2.75) is 0 Å². The highest BCUT2D eigenvalue weighted by molar-refractivity contribution is 6.10. The van der Waals surface area contributed by atoms with Crippen LogP contribution in [0.25, 0.3) is 11.1 Å². The quantitative estimate of drug-likeness (QED) is 0.598. The van der Waals surface area contributed by atoms with Crippen LogP contribution in [-0.4, -0.2) is 40.2 Å². The molecule has 0 aliphatic heterocycles. The predicted molar refractivity (Wildman–Crippen MR) is 82.2 cm³/mol. The van der Waals surface area contributed by atoms with Gasteiger partial charge in [0.2, 0.25) is 0 Å². The standard InChI is InChI=1S/C15H12N2O7/c1-24-15(23)7-5-3-2-4-6(7)8-9(13(19)20)11(16)17-12(18)10(8)14(21)22/h2-5H,1H3,(H,19,20)(H,21,22)(H3,16,17,18).